The molecule has 5 aromatic carbocycles. The van der Waals surface area contributed by atoms with Crippen molar-refractivity contribution in [1.29, 1.82) is 0 Å². The standard InChI is InChI=1S/C33H28N3P/c1-27(34-35-33(28-17-7-2-8-18-28)29-19-9-3-10-20-29)36-37(30-21-11-4-12-22-30,31-23-13-5-14-24-31)32-25-15-6-16-26-32/h2-26H,1H3/b34-27-. The molecule has 0 aliphatic rings. The smallest absolute Gasteiger partial charge is 0.147 e. The van der Waals surface area contributed by atoms with Crippen molar-refractivity contribution in [3.8, 4) is 0 Å². The van der Waals surface area contributed by atoms with E-state index in [1.807, 2.05) is 61.5 Å². The van der Waals surface area contributed by atoms with Crippen LogP contribution in [-0.2, 0) is 0 Å². The van der Waals surface area contributed by atoms with Crippen molar-refractivity contribution in [2.45, 2.75) is 6.92 Å². The Hall–Kier alpha value is -4.33. The van der Waals surface area contributed by atoms with E-state index in [9.17, 15) is 0 Å². The van der Waals surface area contributed by atoms with Crippen LogP contribution in [0, 0.1) is 0 Å². The molecule has 0 fully saturated rings. The van der Waals surface area contributed by atoms with Crippen molar-refractivity contribution in [1.82, 2.24) is 0 Å². The van der Waals surface area contributed by atoms with Gasteiger partial charge in [0, 0.05) is 27.0 Å². The maximum Gasteiger partial charge on any atom is 0.147 e. The Labute approximate surface area is 219 Å². The highest BCUT2D eigenvalue weighted by Crippen LogP contribution is 2.46. The predicted octanol–water partition coefficient (Wildman–Crippen LogP) is 7.04. The van der Waals surface area contributed by atoms with Crippen LogP contribution < -0.4 is 15.9 Å². The average molecular weight is 498 g/mol. The Morgan fingerprint density at radius 2 is 0.757 bits per heavy atom. The zero-order valence-electron chi connectivity index (χ0n) is 20.7. The van der Waals surface area contributed by atoms with E-state index in [1.54, 1.807) is 0 Å². The largest absolute Gasteiger partial charge is 0.237 e. The van der Waals surface area contributed by atoms with Crippen LogP contribution in [0.3, 0.4) is 0 Å². The molecule has 0 spiro atoms. The lowest BCUT2D eigenvalue weighted by Gasteiger charge is -2.26. The number of hydrogen-bond donors (Lipinski definition) is 0. The van der Waals surface area contributed by atoms with Gasteiger partial charge in [0.05, 0.1) is 7.05 Å². The summed E-state index contributed by atoms with van der Waals surface area (Å²) in [5.74, 6) is 0.634. The topological polar surface area (TPSA) is 37.1 Å². The van der Waals surface area contributed by atoms with E-state index >= 15 is 0 Å². The van der Waals surface area contributed by atoms with Gasteiger partial charge in [-0.05, 0) is 6.92 Å². The summed E-state index contributed by atoms with van der Waals surface area (Å²) < 4.78 is 5.43. The van der Waals surface area contributed by atoms with Gasteiger partial charge in [0.15, 0.2) is 0 Å². The van der Waals surface area contributed by atoms with E-state index in [0.29, 0.717) is 5.84 Å². The molecule has 0 saturated heterocycles. The molecule has 0 unspecified atom stereocenters. The first-order valence-corrected chi connectivity index (χ1v) is 14.0. The fraction of sp³-hybridized carbons (Fsp3) is 0.0303. The van der Waals surface area contributed by atoms with Gasteiger partial charge in [-0.3, -0.25) is 0 Å². The van der Waals surface area contributed by atoms with Crippen molar-refractivity contribution in [3.05, 3.63) is 163 Å². The zero-order valence-corrected chi connectivity index (χ0v) is 21.6. The molecule has 0 radical (unpaired) electrons. The Balaban J connectivity index is 1.74. The highest BCUT2D eigenvalue weighted by Gasteiger charge is 2.27. The number of nitrogens with zero attached hydrogens (tertiary/aromatic N) is 3. The molecule has 0 bridgehead atoms. The lowest BCUT2D eigenvalue weighted by Crippen LogP contribution is -2.26. The van der Waals surface area contributed by atoms with Gasteiger partial charge in [0.2, 0.25) is 0 Å². The van der Waals surface area contributed by atoms with Crippen LogP contribution in [0.25, 0.3) is 0 Å². The molecule has 0 aromatic heterocycles. The Morgan fingerprint density at radius 3 is 1.11 bits per heavy atom. The van der Waals surface area contributed by atoms with Crippen LogP contribution in [0.15, 0.2) is 167 Å². The first kappa shape index (κ1) is 24.4. The molecule has 37 heavy (non-hydrogen) atoms. The molecule has 0 aliphatic carbocycles. The van der Waals surface area contributed by atoms with Gasteiger partial charge in [-0.15, -0.1) is 10.2 Å². The highest BCUT2D eigenvalue weighted by atomic mass is 31.2. The molecule has 0 saturated carbocycles. The van der Waals surface area contributed by atoms with Crippen LogP contribution in [-0.4, -0.2) is 11.5 Å². The molecular formula is C33H28N3P. The van der Waals surface area contributed by atoms with Crippen LogP contribution in [0.4, 0.5) is 0 Å². The SMILES string of the molecule is C/C(N=P(c1ccccc1)(c1ccccc1)c1ccccc1)=N/N=C(c1ccccc1)c1ccccc1. The third kappa shape index (κ3) is 5.43. The van der Waals surface area contributed by atoms with Crippen LogP contribution in [0.5, 0.6) is 0 Å². The van der Waals surface area contributed by atoms with Crippen LogP contribution in [0.2, 0.25) is 0 Å². The third-order valence-corrected chi connectivity index (χ3v) is 9.80. The number of amidine groups is 1. The van der Waals surface area contributed by atoms with Gasteiger partial charge in [0.1, 0.15) is 11.5 Å². The monoisotopic (exact) mass is 497 g/mol. The van der Waals surface area contributed by atoms with Crippen molar-refractivity contribution in [2.24, 2.45) is 14.9 Å². The van der Waals surface area contributed by atoms with E-state index in [2.05, 4.69) is 97.1 Å². The van der Waals surface area contributed by atoms with Crippen molar-refractivity contribution in [3.63, 3.8) is 0 Å². The van der Waals surface area contributed by atoms with E-state index in [0.717, 1.165) is 16.8 Å². The second-order valence-corrected chi connectivity index (χ2v) is 11.6. The van der Waals surface area contributed by atoms with E-state index in [1.165, 1.54) is 15.9 Å². The summed E-state index contributed by atoms with van der Waals surface area (Å²) in [6.07, 6.45) is 0. The van der Waals surface area contributed by atoms with Crippen molar-refractivity contribution in [2.75, 3.05) is 0 Å². The van der Waals surface area contributed by atoms with Crippen molar-refractivity contribution >= 4 is 34.5 Å². The normalized spacial score (nSPS) is 11.5. The number of benzene rings is 5. The molecule has 180 valence electrons. The molecule has 5 rings (SSSR count). The van der Waals surface area contributed by atoms with E-state index in [-0.39, 0.29) is 0 Å². The molecular weight excluding hydrogens is 469 g/mol. The van der Waals surface area contributed by atoms with Crippen LogP contribution >= 0.6 is 7.05 Å². The lowest BCUT2D eigenvalue weighted by molar-refractivity contribution is 1.21. The number of rotatable bonds is 6. The number of hydrogen-bond acceptors (Lipinski definition) is 2. The lowest BCUT2D eigenvalue weighted by atomic mass is 10.0. The maximum atomic E-state index is 5.43. The molecule has 4 heteroatoms. The summed E-state index contributed by atoms with van der Waals surface area (Å²) in [5, 5.41) is 13.0. The maximum absolute atomic E-state index is 5.43. The summed E-state index contributed by atoms with van der Waals surface area (Å²) >= 11 is 0. The second kappa shape index (κ2) is 11.6. The minimum atomic E-state index is -2.39. The summed E-state index contributed by atoms with van der Waals surface area (Å²) in [6.45, 7) is 1.95. The first-order chi connectivity index (χ1) is 18.3. The Bertz CT molecular complexity index is 1400. The van der Waals surface area contributed by atoms with Gasteiger partial charge in [-0.2, -0.15) is 0 Å². The van der Waals surface area contributed by atoms with Gasteiger partial charge < -0.3 is 0 Å². The van der Waals surface area contributed by atoms with E-state index in [4.69, 9.17) is 14.9 Å². The summed E-state index contributed by atoms with van der Waals surface area (Å²) in [4.78, 5) is 0. The minimum Gasteiger partial charge on any atom is -0.237 e. The quantitative estimate of drug-likeness (QED) is 0.104. The predicted molar refractivity (Wildman–Crippen MR) is 159 cm³/mol. The summed E-state index contributed by atoms with van der Waals surface area (Å²) in [7, 11) is -2.39. The minimum absolute atomic E-state index is 0.634. The second-order valence-electron chi connectivity index (χ2n) is 8.57. The highest BCUT2D eigenvalue weighted by molar-refractivity contribution is 7.87. The van der Waals surface area contributed by atoms with Gasteiger partial charge in [0.25, 0.3) is 0 Å². The fourth-order valence-electron chi connectivity index (χ4n) is 4.39. The molecule has 3 nitrogen and oxygen atoms in total. The molecule has 0 aliphatic heterocycles. The van der Waals surface area contributed by atoms with Crippen molar-refractivity contribution < 1.29 is 0 Å². The molecule has 0 amide bonds. The Kier molecular flexibility index (Phi) is 7.64. The summed E-state index contributed by atoms with van der Waals surface area (Å²) in [5.41, 5.74) is 2.85. The van der Waals surface area contributed by atoms with Gasteiger partial charge in [-0.1, -0.05) is 152 Å². The van der Waals surface area contributed by atoms with Gasteiger partial charge in [-0.25, -0.2) is 4.74 Å². The zero-order chi connectivity index (χ0) is 25.3. The molecule has 5 aromatic rings. The van der Waals surface area contributed by atoms with Crippen LogP contribution in [0.1, 0.15) is 18.1 Å². The molecule has 0 N–H and O–H groups in total. The first-order valence-electron chi connectivity index (χ1n) is 12.3. The fourth-order valence-corrected chi connectivity index (χ4v) is 7.91. The van der Waals surface area contributed by atoms with E-state index < -0.39 is 7.05 Å². The Morgan fingerprint density at radius 1 is 0.432 bits per heavy atom. The third-order valence-electron chi connectivity index (χ3n) is 6.07. The van der Waals surface area contributed by atoms with Gasteiger partial charge >= 0.3 is 0 Å². The summed E-state index contributed by atoms with van der Waals surface area (Å²) in [6, 6.07) is 52.0. The average Bonchev–Trinajstić information content (AvgIpc) is 2.98. The molecule has 0 heterocycles. The molecule has 0 atom stereocenters.